The van der Waals surface area contributed by atoms with Crippen molar-refractivity contribution in [1.82, 2.24) is 0 Å². The molecule has 0 amide bonds. The Labute approximate surface area is 161 Å². The van der Waals surface area contributed by atoms with Gasteiger partial charge in [-0.25, -0.2) is 0 Å². The summed E-state index contributed by atoms with van der Waals surface area (Å²) in [7, 11) is 1.46. The zero-order valence-electron chi connectivity index (χ0n) is 17.7. The number of allylic oxidation sites excluding steroid dienone is 6. The normalized spacial score (nSPS) is 21.8. The molecule has 0 bridgehead atoms. The van der Waals surface area contributed by atoms with E-state index in [4.69, 9.17) is 0 Å². The van der Waals surface area contributed by atoms with Gasteiger partial charge in [0.2, 0.25) is 0 Å². The maximum atomic E-state index is 11.1. The van der Waals surface area contributed by atoms with Crippen molar-refractivity contribution in [3.63, 3.8) is 0 Å². The molecule has 26 heavy (non-hydrogen) atoms. The zero-order valence-corrected chi connectivity index (χ0v) is 17.7. The predicted molar refractivity (Wildman–Crippen MR) is 112 cm³/mol. The predicted octanol–water partition coefficient (Wildman–Crippen LogP) is 7.02. The third-order valence-corrected chi connectivity index (χ3v) is 5.46. The van der Waals surface area contributed by atoms with Crippen molar-refractivity contribution >= 4 is 5.97 Å². The summed E-state index contributed by atoms with van der Waals surface area (Å²) >= 11 is 0. The van der Waals surface area contributed by atoms with Crippen LogP contribution in [-0.2, 0) is 9.53 Å². The summed E-state index contributed by atoms with van der Waals surface area (Å²) in [5.74, 6) is 2.19. The molecule has 2 heteroatoms. The number of hydrogen-bond donors (Lipinski definition) is 0. The van der Waals surface area contributed by atoms with Crippen LogP contribution in [0.1, 0.15) is 85.5 Å². The van der Waals surface area contributed by atoms with Gasteiger partial charge in [-0.1, -0.05) is 48.8 Å². The Bertz CT molecular complexity index is 494. The standard InChI is InChI=1S/C24H40O2/c1-19(2)16-17-20(3)11-8-12-22-13-9-14-23(22)18-21(4)10-6-7-15-24(25)26-5/h8,10,12,16,20,22-23H,6-7,9,11,13-15,17-18H2,1-5H3/t20?,22-,23+/m0/s1. The lowest BCUT2D eigenvalue weighted by atomic mass is 9.88. The molecular formula is C24H40O2. The van der Waals surface area contributed by atoms with E-state index in [-0.39, 0.29) is 5.97 Å². The summed E-state index contributed by atoms with van der Waals surface area (Å²) in [5.41, 5.74) is 2.91. The largest absolute Gasteiger partial charge is 0.469 e. The molecule has 0 saturated heterocycles. The molecule has 1 aliphatic rings. The van der Waals surface area contributed by atoms with Crippen molar-refractivity contribution in [2.24, 2.45) is 17.8 Å². The highest BCUT2D eigenvalue weighted by Gasteiger charge is 2.24. The number of hydrogen-bond acceptors (Lipinski definition) is 2. The van der Waals surface area contributed by atoms with Gasteiger partial charge in [-0.05, 0) is 83.5 Å². The Morgan fingerprint density at radius 2 is 1.92 bits per heavy atom. The minimum atomic E-state index is -0.101. The fraction of sp³-hybridized carbons (Fsp3) is 0.708. The molecule has 1 saturated carbocycles. The summed E-state index contributed by atoms with van der Waals surface area (Å²) in [4.78, 5) is 11.1. The topological polar surface area (TPSA) is 26.3 Å². The maximum Gasteiger partial charge on any atom is 0.305 e. The fourth-order valence-electron chi connectivity index (χ4n) is 3.78. The van der Waals surface area contributed by atoms with Crippen molar-refractivity contribution < 1.29 is 9.53 Å². The molecule has 1 aliphatic carbocycles. The SMILES string of the molecule is COC(=O)CCCC=C(C)C[C@H]1CCC[C@@H]1C=CCC(C)CC=C(C)C. The molecule has 1 unspecified atom stereocenters. The van der Waals surface area contributed by atoms with Crippen LogP contribution < -0.4 is 0 Å². The van der Waals surface area contributed by atoms with Crippen LogP contribution in [0.25, 0.3) is 0 Å². The summed E-state index contributed by atoms with van der Waals surface area (Å²) in [6.07, 6.45) is 19.7. The van der Waals surface area contributed by atoms with Gasteiger partial charge in [-0.15, -0.1) is 0 Å². The van der Waals surface area contributed by atoms with Crippen LogP contribution in [0.3, 0.4) is 0 Å². The Morgan fingerprint density at radius 1 is 1.15 bits per heavy atom. The van der Waals surface area contributed by atoms with Crippen LogP contribution in [0, 0.1) is 17.8 Å². The van der Waals surface area contributed by atoms with Gasteiger partial charge in [0.15, 0.2) is 0 Å². The van der Waals surface area contributed by atoms with E-state index in [1.807, 2.05) is 0 Å². The first kappa shape index (κ1) is 22.7. The molecule has 1 fully saturated rings. The van der Waals surface area contributed by atoms with Crippen LogP contribution in [0.15, 0.2) is 35.5 Å². The van der Waals surface area contributed by atoms with Crippen LogP contribution in [0.5, 0.6) is 0 Å². The van der Waals surface area contributed by atoms with Gasteiger partial charge in [0.05, 0.1) is 7.11 Å². The minimum absolute atomic E-state index is 0.101. The summed E-state index contributed by atoms with van der Waals surface area (Å²) in [6, 6.07) is 0. The average molecular weight is 361 g/mol. The number of unbranched alkanes of at least 4 members (excludes halogenated alkanes) is 1. The quantitative estimate of drug-likeness (QED) is 0.225. The molecule has 0 spiro atoms. The lowest BCUT2D eigenvalue weighted by Gasteiger charge is -2.17. The van der Waals surface area contributed by atoms with Gasteiger partial charge in [0, 0.05) is 6.42 Å². The van der Waals surface area contributed by atoms with Crippen LogP contribution >= 0.6 is 0 Å². The summed E-state index contributed by atoms with van der Waals surface area (Å²) in [5, 5.41) is 0. The van der Waals surface area contributed by atoms with Gasteiger partial charge in [0.1, 0.15) is 0 Å². The second-order valence-electron chi connectivity index (χ2n) is 8.36. The van der Waals surface area contributed by atoms with E-state index in [0.717, 1.165) is 30.6 Å². The average Bonchev–Trinajstić information content (AvgIpc) is 3.03. The Balaban J connectivity index is 2.36. The molecular weight excluding hydrogens is 320 g/mol. The molecule has 1 rings (SSSR count). The van der Waals surface area contributed by atoms with Crippen LogP contribution in [-0.4, -0.2) is 13.1 Å². The molecule has 3 atom stereocenters. The highest BCUT2D eigenvalue weighted by Crippen LogP contribution is 2.37. The number of carbonyl (C=O) groups is 1. The van der Waals surface area contributed by atoms with E-state index in [1.54, 1.807) is 0 Å². The molecule has 2 nitrogen and oxygen atoms in total. The molecule has 0 N–H and O–H groups in total. The van der Waals surface area contributed by atoms with E-state index in [1.165, 1.54) is 56.8 Å². The molecule has 0 aromatic heterocycles. The van der Waals surface area contributed by atoms with Crippen molar-refractivity contribution in [2.45, 2.75) is 85.5 Å². The first-order chi connectivity index (χ1) is 12.4. The lowest BCUT2D eigenvalue weighted by Crippen LogP contribution is -2.06. The van der Waals surface area contributed by atoms with E-state index < -0.39 is 0 Å². The maximum absolute atomic E-state index is 11.1. The second-order valence-corrected chi connectivity index (χ2v) is 8.36. The monoisotopic (exact) mass is 360 g/mol. The highest BCUT2D eigenvalue weighted by molar-refractivity contribution is 5.69. The fourth-order valence-corrected chi connectivity index (χ4v) is 3.78. The van der Waals surface area contributed by atoms with E-state index >= 15 is 0 Å². The van der Waals surface area contributed by atoms with Gasteiger partial charge in [-0.3, -0.25) is 4.79 Å². The van der Waals surface area contributed by atoms with Gasteiger partial charge in [-0.2, -0.15) is 0 Å². The molecule has 0 aliphatic heterocycles. The highest BCUT2D eigenvalue weighted by atomic mass is 16.5. The Hall–Kier alpha value is -1.31. The van der Waals surface area contributed by atoms with Gasteiger partial charge in [0.25, 0.3) is 0 Å². The summed E-state index contributed by atoms with van der Waals surface area (Å²) in [6.45, 7) is 8.95. The number of esters is 1. The smallest absolute Gasteiger partial charge is 0.305 e. The van der Waals surface area contributed by atoms with E-state index in [2.05, 4.69) is 56.7 Å². The first-order valence-corrected chi connectivity index (χ1v) is 10.4. The number of carbonyl (C=O) groups excluding carboxylic acids is 1. The minimum Gasteiger partial charge on any atom is -0.469 e. The van der Waals surface area contributed by atoms with Crippen molar-refractivity contribution in [1.29, 1.82) is 0 Å². The molecule has 0 aromatic carbocycles. The van der Waals surface area contributed by atoms with Gasteiger partial charge >= 0.3 is 5.97 Å². The molecule has 148 valence electrons. The van der Waals surface area contributed by atoms with E-state index in [0.29, 0.717) is 6.42 Å². The molecule has 0 aromatic rings. The Kier molecular flexibility index (Phi) is 11.3. The second kappa shape index (κ2) is 12.9. The zero-order chi connectivity index (χ0) is 19.4. The first-order valence-electron chi connectivity index (χ1n) is 10.4. The van der Waals surface area contributed by atoms with Crippen LogP contribution in [0.2, 0.25) is 0 Å². The number of rotatable bonds is 11. The van der Waals surface area contributed by atoms with Gasteiger partial charge < -0.3 is 4.74 Å². The molecule has 0 radical (unpaired) electrons. The van der Waals surface area contributed by atoms with Crippen molar-refractivity contribution in [3.05, 3.63) is 35.5 Å². The third-order valence-electron chi connectivity index (χ3n) is 5.46. The lowest BCUT2D eigenvalue weighted by molar-refractivity contribution is -0.140. The van der Waals surface area contributed by atoms with Crippen molar-refractivity contribution in [3.8, 4) is 0 Å². The van der Waals surface area contributed by atoms with E-state index in [9.17, 15) is 4.79 Å². The summed E-state index contributed by atoms with van der Waals surface area (Å²) < 4.78 is 4.69. The van der Waals surface area contributed by atoms with Crippen molar-refractivity contribution in [2.75, 3.05) is 7.11 Å². The number of methoxy groups -OCH3 is 1. The molecule has 0 heterocycles. The number of ether oxygens (including phenoxy) is 1. The third kappa shape index (κ3) is 9.99. The van der Waals surface area contributed by atoms with Crippen LogP contribution in [0.4, 0.5) is 0 Å². The Morgan fingerprint density at radius 3 is 2.62 bits per heavy atom.